The Bertz CT molecular complexity index is 605. The van der Waals surface area contributed by atoms with Crippen LogP contribution in [0.2, 0.25) is 0 Å². The number of hydrogen-bond acceptors (Lipinski definition) is 3. The van der Waals surface area contributed by atoms with Gasteiger partial charge in [0, 0.05) is 18.7 Å². The Morgan fingerprint density at radius 1 is 1.26 bits per heavy atom. The molecule has 0 unspecified atom stereocenters. The van der Waals surface area contributed by atoms with Gasteiger partial charge in [-0.15, -0.1) is 0 Å². The van der Waals surface area contributed by atoms with Gasteiger partial charge in [0.1, 0.15) is 11.5 Å². The zero-order chi connectivity index (χ0) is 19.9. The second kappa shape index (κ2) is 10.0. The summed E-state index contributed by atoms with van der Waals surface area (Å²) in [5.74, 6) is 2.99. The average molecular weight is 388 g/mol. The summed E-state index contributed by atoms with van der Waals surface area (Å²) in [4.78, 5) is 6.10. The largest absolute Gasteiger partial charge is 0.466 e. The molecule has 1 aromatic rings. The van der Waals surface area contributed by atoms with Gasteiger partial charge < -0.3 is 15.1 Å². The van der Waals surface area contributed by atoms with E-state index in [9.17, 15) is 13.2 Å². The molecule has 5 nitrogen and oxygen atoms in total. The summed E-state index contributed by atoms with van der Waals surface area (Å²) in [6.07, 6.45) is -1.52. The van der Waals surface area contributed by atoms with E-state index in [-0.39, 0.29) is 0 Å². The molecule has 2 N–H and O–H groups in total. The molecule has 1 aromatic heterocycles. The molecule has 0 saturated carbocycles. The number of rotatable bonds is 7. The predicted octanol–water partition coefficient (Wildman–Crippen LogP) is 3.62. The number of guanidine groups is 1. The summed E-state index contributed by atoms with van der Waals surface area (Å²) >= 11 is 0. The Hall–Kier alpha value is -1.70. The fourth-order valence-electron chi connectivity index (χ4n) is 3.43. The van der Waals surface area contributed by atoms with E-state index < -0.39 is 12.7 Å². The maximum absolute atomic E-state index is 12.4. The van der Waals surface area contributed by atoms with Crippen LogP contribution in [0.25, 0.3) is 0 Å². The Kier molecular flexibility index (Phi) is 8.01. The Morgan fingerprint density at radius 2 is 1.96 bits per heavy atom. The van der Waals surface area contributed by atoms with Crippen molar-refractivity contribution in [1.82, 2.24) is 15.5 Å². The van der Waals surface area contributed by atoms with Crippen molar-refractivity contribution in [3.05, 3.63) is 23.2 Å². The number of nitrogens with one attached hydrogen (secondary N) is 2. The molecule has 27 heavy (non-hydrogen) atoms. The molecule has 1 saturated heterocycles. The van der Waals surface area contributed by atoms with Crippen LogP contribution in [0.3, 0.4) is 0 Å². The van der Waals surface area contributed by atoms with Crippen molar-refractivity contribution in [2.75, 3.05) is 32.7 Å². The highest BCUT2D eigenvalue weighted by molar-refractivity contribution is 5.79. The summed E-state index contributed by atoms with van der Waals surface area (Å²) in [7, 11) is 0. The van der Waals surface area contributed by atoms with Gasteiger partial charge in [-0.05, 0) is 65.1 Å². The highest BCUT2D eigenvalue weighted by Gasteiger charge is 2.32. The zero-order valence-electron chi connectivity index (χ0n) is 16.5. The number of furan rings is 1. The normalized spacial score (nSPS) is 17.3. The summed E-state index contributed by atoms with van der Waals surface area (Å²) in [5, 5.41) is 6.55. The maximum atomic E-state index is 12.4. The molecule has 0 radical (unpaired) electrons. The molecular formula is C19H31F3N4O. The third-order valence-corrected chi connectivity index (χ3v) is 4.85. The van der Waals surface area contributed by atoms with E-state index in [4.69, 9.17) is 4.42 Å². The first-order chi connectivity index (χ1) is 12.8. The molecule has 154 valence electrons. The highest BCUT2D eigenvalue weighted by atomic mass is 19.4. The second-order valence-corrected chi connectivity index (χ2v) is 7.18. The summed E-state index contributed by atoms with van der Waals surface area (Å²) in [6.45, 7) is 8.21. The zero-order valence-corrected chi connectivity index (χ0v) is 16.5. The van der Waals surface area contributed by atoms with Crippen molar-refractivity contribution in [3.63, 3.8) is 0 Å². The van der Waals surface area contributed by atoms with Crippen molar-refractivity contribution in [2.24, 2.45) is 10.9 Å². The molecule has 1 fully saturated rings. The fourth-order valence-corrected chi connectivity index (χ4v) is 3.43. The monoisotopic (exact) mass is 388 g/mol. The highest BCUT2D eigenvalue weighted by Crippen LogP contribution is 2.24. The first-order valence-electron chi connectivity index (χ1n) is 9.64. The smallest absolute Gasteiger partial charge is 0.401 e. The summed E-state index contributed by atoms with van der Waals surface area (Å²) < 4.78 is 42.9. The van der Waals surface area contributed by atoms with E-state index >= 15 is 0 Å². The van der Waals surface area contributed by atoms with Gasteiger partial charge in [0.05, 0.1) is 13.1 Å². The van der Waals surface area contributed by atoms with E-state index in [1.54, 1.807) is 0 Å². The van der Waals surface area contributed by atoms with Crippen LogP contribution in [-0.2, 0) is 6.54 Å². The van der Waals surface area contributed by atoms with E-state index in [2.05, 4.69) is 15.6 Å². The minimum atomic E-state index is -4.10. The standard InChI is InChI=1S/C19H31F3N4O/c1-4-23-18(25-12-17-11-14(2)27-15(17)3)24-8-5-16-6-9-26(10-7-16)13-19(20,21)22/h11,16H,4-10,12-13H2,1-3H3,(H2,23,24,25). The Balaban J connectivity index is 1.73. The molecule has 0 spiro atoms. The molecule has 8 heteroatoms. The van der Waals surface area contributed by atoms with Crippen molar-refractivity contribution in [2.45, 2.75) is 52.8 Å². The average Bonchev–Trinajstić information content (AvgIpc) is 2.90. The van der Waals surface area contributed by atoms with Gasteiger partial charge in [0.15, 0.2) is 5.96 Å². The van der Waals surface area contributed by atoms with Gasteiger partial charge >= 0.3 is 6.18 Å². The fraction of sp³-hybridized carbons (Fsp3) is 0.737. The van der Waals surface area contributed by atoms with Crippen LogP contribution in [0.5, 0.6) is 0 Å². The number of likely N-dealkylation sites (tertiary alicyclic amines) is 1. The number of halogens is 3. The van der Waals surface area contributed by atoms with E-state index in [0.717, 1.165) is 55.4 Å². The van der Waals surface area contributed by atoms with Gasteiger partial charge in [-0.3, -0.25) is 4.90 Å². The first-order valence-corrected chi connectivity index (χ1v) is 9.64. The summed E-state index contributed by atoms with van der Waals surface area (Å²) in [6, 6.07) is 2.00. The minimum absolute atomic E-state index is 0.462. The first kappa shape index (κ1) is 21.6. The number of hydrogen-bond donors (Lipinski definition) is 2. The molecule has 0 aromatic carbocycles. The van der Waals surface area contributed by atoms with E-state index in [0.29, 0.717) is 25.6 Å². The minimum Gasteiger partial charge on any atom is -0.466 e. The lowest BCUT2D eigenvalue weighted by atomic mass is 9.93. The maximum Gasteiger partial charge on any atom is 0.401 e. The molecule has 1 aliphatic rings. The lowest BCUT2D eigenvalue weighted by Gasteiger charge is -2.32. The molecule has 2 heterocycles. The molecule has 0 aliphatic carbocycles. The van der Waals surface area contributed by atoms with E-state index in [1.807, 2.05) is 26.8 Å². The second-order valence-electron chi connectivity index (χ2n) is 7.18. The summed E-state index contributed by atoms with van der Waals surface area (Å²) in [5.41, 5.74) is 1.07. The van der Waals surface area contributed by atoms with Gasteiger partial charge in [-0.2, -0.15) is 13.2 Å². The van der Waals surface area contributed by atoms with Crippen LogP contribution in [0.1, 0.15) is 43.3 Å². The molecule has 0 atom stereocenters. The third-order valence-electron chi connectivity index (χ3n) is 4.85. The molecule has 1 aliphatic heterocycles. The topological polar surface area (TPSA) is 52.8 Å². The Morgan fingerprint density at radius 3 is 2.52 bits per heavy atom. The van der Waals surface area contributed by atoms with Gasteiger partial charge in [-0.25, -0.2) is 4.99 Å². The van der Waals surface area contributed by atoms with Crippen LogP contribution in [-0.4, -0.2) is 49.8 Å². The third kappa shape index (κ3) is 7.82. The van der Waals surface area contributed by atoms with Crippen LogP contribution in [0.4, 0.5) is 13.2 Å². The molecule has 2 rings (SSSR count). The molecule has 0 amide bonds. The number of aliphatic imine (C=N–C) groups is 1. The SMILES string of the molecule is CCNC(=NCc1cc(C)oc1C)NCCC1CCN(CC(F)(F)F)CC1. The number of aryl methyl sites for hydroxylation is 2. The molecular weight excluding hydrogens is 357 g/mol. The van der Waals surface area contributed by atoms with Crippen LogP contribution >= 0.6 is 0 Å². The van der Waals surface area contributed by atoms with Crippen molar-refractivity contribution in [3.8, 4) is 0 Å². The number of alkyl halides is 3. The number of piperidine rings is 1. The van der Waals surface area contributed by atoms with Crippen LogP contribution in [0, 0.1) is 19.8 Å². The molecule has 0 bridgehead atoms. The van der Waals surface area contributed by atoms with Crippen LogP contribution < -0.4 is 10.6 Å². The van der Waals surface area contributed by atoms with Gasteiger partial charge in [-0.1, -0.05) is 0 Å². The number of nitrogens with zero attached hydrogens (tertiary/aromatic N) is 2. The lowest BCUT2D eigenvalue weighted by molar-refractivity contribution is -0.148. The lowest BCUT2D eigenvalue weighted by Crippen LogP contribution is -2.41. The van der Waals surface area contributed by atoms with Crippen molar-refractivity contribution in [1.29, 1.82) is 0 Å². The van der Waals surface area contributed by atoms with E-state index in [1.165, 1.54) is 4.90 Å². The van der Waals surface area contributed by atoms with Crippen LogP contribution in [0.15, 0.2) is 15.5 Å². The van der Waals surface area contributed by atoms with Gasteiger partial charge in [0.25, 0.3) is 0 Å². The van der Waals surface area contributed by atoms with Gasteiger partial charge in [0.2, 0.25) is 0 Å². The Labute approximate surface area is 159 Å². The van der Waals surface area contributed by atoms with Crippen molar-refractivity contribution >= 4 is 5.96 Å². The van der Waals surface area contributed by atoms with Crippen molar-refractivity contribution < 1.29 is 17.6 Å². The quantitative estimate of drug-likeness (QED) is 0.553. The predicted molar refractivity (Wildman–Crippen MR) is 101 cm³/mol.